The summed E-state index contributed by atoms with van der Waals surface area (Å²) in [7, 11) is 0. The third-order valence-corrected chi connectivity index (χ3v) is 3.95. The molecule has 0 bridgehead atoms. The van der Waals surface area contributed by atoms with Crippen molar-refractivity contribution in [2.24, 2.45) is 5.92 Å². The molecule has 2 heteroatoms. The van der Waals surface area contributed by atoms with Crippen LogP contribution >= 0.6 is 0 Å². The van der Waals surface area contributed by atoms with E-state index in [-0.39, 0.29) is 5.60 Å². The fourth-order valence-electron chi connectivity index (χ4n) is 2.85. The van der Waals surface area contributed by atoms with E-state index in [1.807, 2.05) is 0 Å². The molecule has 0 unspecified atom stereocenters. The number of hydrogen-bond donors (Lipinski definition) is 1. The maximum absolute atomic E-state index is 5.77. The minimum Gasteiger partial charge on any atom is -0.376 e. The second kappa shape index (κ2) is 5.85. The van der Waals surface area contributed by atoms with Crippen LogP contribution in [0.4, 0.5) is 0 Å². The van der Waals surface area contributed by atoms with Gasteiger partial charge in [-0.05, 0) is 33.6 Å². The molecule has 0 amide bonds. The van der Waals surface area contributed by atoms with Gasteiger partial charge in [0.25, 0.3) is 0 Å². The number of rotatable bonds is 4. The molecule has 2 nitrogen and oxygen atoms in total. The predicted octanol–water partition coefficient (Wildman–Crippen LogP) is 2.52. The molecule has 2 rings (SSSR count). The standard InChI is InChI=1S/C16H25NO/c1-13(15-7-5-4-6-8-15)17-12-14-9-10-18-16(2,3)11-14/h4-8,13-14,17H,9-12H2,1-3H3/p+1/t13-,14-/m1/s1. The third kappa shape index (κ3) is 3.82. The normalized spacial score (nSPS) is 24.7. The summed E-state index contributed by atoms with van der Waals surface area (Å²) in [5, 5.41) is 2.47. The van der Waals surface area contributed by atoms with Crippen LogP contribution in [0.3, 0.4) is 0 Å². The molecule has 1 aliphatic rings. The maximum atomic E-state index is 5.77. The van der Waals surface area contributed by atoms with E-state index >= 15 is 0 Å². The molecular formula is C16H26NO+. The van der Waals surface area contributed by atoms with Gasteiger partial charge in [0, 0.05) is 18.1 Å². The maximum Gasteiger partial charge on any atom is 0.109 e. The van der Waals surface area contributed by atoms with Gasteiger partial charge in [0.15, 0.2) is 0 Å². The Kier molecular flexibility index (Phi) is 4.41. The molecule has 0 spiro atoms. The van der Waals surface area contributed by atoms with E-state index in [9.17, 15) is 0 Å². The molecule has 1 aromatic rings. The topological polar surface area (TPSA) is 25.8 Å². The van der Waals surface area contributed by atoms with Crippen molar-refractivity contribution in [2.45, 2.75) is 45.3 Å². The molecule has 0 radical (unpaired) electrons. The third-order valence-electron chi connectivity index (χ3n) is 3.95. The lowest BCUT2D eigenvalue weighted by Gasteiger charge is -2.35. The van der Waals surface area contributed by atoms with Crippen LogP contribution in [-0.4, -0.2) is 18.8 Å². The molecule has 0 saturated carbocycles. The minimum absolute atomic E-state index is 0.0761. The van der Waals surface area contributed by atoms with E-state index in [1.54, 1.807) is 0 Å². The van der Waals surface area contributed by atoms with E-state index in [4.69, 9.17) is 4.74 Å². The Bertz CT molecular complexity index is 361. The van der Waals surface area contributed by atoms with Crippen LogP contribution in [0, 0.1) is 5.92 Å². The van der Waals surface area contributed by atoms with Crippen LogP contribution < -0.4 is 5.32 Å². The zero-order chi connectivity index (χ0) is 13.0. The zero-order valence-electron chi connectivity index (χ0n) is 11.9. The molecule has 100 valence electrons. The Labute approximate surface area is 111 Å². The van der Waals surface area contributed by atoms with Gasteiger partial charge in [0.2, 0.25) is 0 Å². The van der Waals surface area contributed by atoms with Crippen molar-refractivity contribution < 1.29 is 10.1 Å². The van der Waals surface area contributed by atoms with Crippen LogP contribution in [0.1, 0.15) is 45.2 Å². The molecule has 1 saturated heterocycles. The van der Waals surface area contributed by atoms with Crippen molar-refractivity contribution >= 4 is 0 Å². The van der Waals surface area contributed by atoms with E-state index in [1.165, 1.54) is 24.9 Å². The van der Waals surface area contributed by atoms with Gasteiger partial charge in [0.05, 0.1) is 12.1 Å². The molecule has 2 N–H and O–H groups in total. The molecule has 1 fully saturated rings. The monoisotopic (exact) mass is 248 g/mol. The molecular weight excluding hydrogens is 222 g/mol. The zero-order valence-corrected chi connectivity index (χ0v) is 11.9. The fraction of sp³-hybridized carbons (Fsp3) is 0.625. The van der Waals surface area contributed by atoms with Crippen molar-refractivity contribution in [1.29, 1.82) is 0 Å². The molecule has 1 aliphatic heterocycles. The van der Waals surface area contributed by atoms with Crippen LogP contribution in [0.15, 0.2) is 30.3 Å². The summed E-state index contributed by atoms with van der Waals surface area (Å²) in [5.41, 5.74) is 1.50. The summed E-state index contributed by atoms with van der Waals surface area (Å²) in [6.45, 7) is 8.84. The molecule has 0 aliphatic carbocycles. The van der Waals surface area contributed by atoms with Gasteiger partial charge < -0.3 is 10.1 Å². The van der Waals surface area contributed by atoms with Gasteiger partial charge in [-0.2, -0.15) is 0 Å². The van der Waals surface area contributed by atoms with Crippen LogP contribution in [0.25, 0.3) is 0 Å². The van der Waals surface area contributed by atoms with Crippen molar-refractivity contribution in [3.8, 4) is 0 Å². The number of ether oxygens (including phenoxy) is 1. The van der Waals surface area contributed by atoms with E-state index < -0.39 is 0 Å². The van der Waals surface area contributed by atoms with E-state index in [0.29, 0.717) is 6.04 Å². The summed E-state index contributed by atoms with van der Waals surface area (Å²) < 4.78 is 5.77. The SMILES string of the molecule is C[C@@H]([NH2+]C[C@@H]1CCOC(C)(C)C1)c1ccccc1. The molecule has 1 heterocycles. The fourth-order valence-corrected chi connectivity index (χ4v) is 2.85. The van der Waals surface area contributed by atoms with Gasteiger partial charge in [-0.3, -0.25) is 0 Å². The molecule has 0 aromatic heterocycles. The van der Waals surface area contributed by atoms with Gasteiger partial charge in [-0.15, -0.1) is 0 Å². The molecule has 18 heavy (non-hydrogen) atoms. The number of hydrogen-bond acceptors (Lipinski definition) is 1. The summed E-state index contributed by atoms with van der Waals surface area (Å²) >= 11 is 0. The highest BCUT2D eigenvalue weighted by atomic mass is 16.5. The second-order valence-electron chi connectivity index (χ2n) is 6.14. The molecule has 2 atom stereocenters. The smallest absolute Gasteiger partial charge is 0.109 e. The first-order chi connectivity index (χ1) is 8.57. The summed E-state index contributed by atoms with van der Waals surface area (Å²) in [5.74, 6) is 0.792. The lowest BCUT2D eigenvalue weighted by Crippen LogP contribution is -2.86. The Morgan fingerprint density at radius 3 is 2.72 bits per heavy atom. The summed E-state index contributed by atoms with van der Waals surface area (Å²) in [6.07, 6.45) is 2.40. The van der Waals surface area contributed by atoms with Gasteiger partial charge in [0.1, 0.15) is 6.04 Å². The lowest BCUT2D eigenvalue weighted by atomic mass is 9.88. The van der Waals surface area contributed by atoms with Crippen molar-refractivity contribution in [1.82, 2.24) is 0 Å². The Morgan fingerprint density at radius 2 is 2.06 bits per heavy atom. The summed E-state index contributed by atoms with van der Waals surface area (Å²) in [6, 6.07) is 11.3. The van der Waals surface area contributed by atoms with Gasteiger partial charge in [-0.25, -0.2) is 0 Å². The van der Waals surface area contributed by atoms with E-state index in [0.717, 1.165) is 12.5 Å². The van der Waals surface area contributed by atoms with Crippen molar-refractivity contribution in [3.63, 3.8) is 0 Å². The Hall–Kier alpha value is -0.860. The quantitative estimate of drug-likeness (QED) is 0.870. The van der Waals surface area contributed by atoms with E-state index in [2.05, 4.69) is 56.4 Å². The lowest BCUT2D eigenvalue weighted by molar-refractivity contribution is -0.698. The van der Waals surface area contributed by atoms with Crippen LogP contribution in [0.2, 0.25) is 0 Å². The van der Waals surface area contributed by atoms with Crippen LogP contribution in [-0.2, 0) is 4.74 Å². The van der Waals surface area contributed by atoms with Gasteiger partial charge in [-0.1, -0.05) is 30.3 Å². The van der Waals surface area contributed by atoms with Crippen molar-refractivity contribution in [3.05, 3.63) is 35.9 Å². The highest BCUT2D eigenvalue weighted by Gasteiger charge is 2.29. The summed E-state index contributed by atoms with van der Waals surface area (Å²) in [4.78, 5) is 0. The second-order valence-corrected chi connectivity index (χ2v) is 6.14. The minimum atomic E-state index is 0.0761. The Morgan fingerprint density at radius 1 is 1.33 bits per heavy atom. The largest absolute Gasteiger partial charge is 0.376 e. The average Bonchev–Trinajstić information content (AvgIpc) is 2.36. The highest BCUT2D eigenvalue weighted by Crippen LogP contribution is 2.27. The van der Waals surface area contributed by atoms with Gasteiger partial charge >= 0.3 is 0 Å². The first-order valence-electron chi connectivity index (χ1n) is 7.09. The Balaban J connectivity index is 1.81. The first kappa shape index (κ1) is 13.6. The number of benzene rings is 1. The first-order valence-corrected chi connectivity index (χ1v) is 7.09. The van der Waals surface area contributed by atoms with Crippen molar-refractivity contribution in [2.75, 3.05) is 13.2 Å². The average molecular weight is 248 g/mol. The molecule has 1 aromatic carbocycles. The number of quaternary nitrogens is 1. The van der Waals surface area contributed by atoms with Crippen LogP contribution in [0.5, 0.6) is 0 Å². The highest BCUT2D eigenvalue weighted by molar-refractivity contribution is 5.16. The predicted molar refractivity (Wildman–Crippen MR) is 74.4 cm³/mol. The number of nitrogens with two attached hydrogens (primary N) is 1.